The molecule has 4 aromatic heterocycles. The molecule has 2 aromatic carbocycles. The number of likely N-dealkylation sites (N-methyl/N-ethyl adjacent to an activating group) is 1. The lowest BCUT2D eigenvalue weighted by Crippen LogP contribution is -2.19. The second-order valence-corrected chi connectivity index (χ2v) is 10.3. The van der Waals surface area contributed by atoms with Crippen LogP contribution >= 0.6 is 0 Å². The molecule has 0 radical (unpaired) electrons. The van der Waals surface area contributed by atoms with Crippen molar-refractivity contribution < 1.29 is 9.13 Å². The van der Waals surface area contributed by atoms with Crippen molar-refractivity contribution in [1.82, 2.24) is 35.4 Å². The Morgan fingerprint density at radius 1 is 0.976 bits per heavy atom. The molecule has 3 N–H and O–H groups in total. The Bertz CT molecular complexity index is 1820. The Morgan fingerprint density at radius 2 is 1.88 bits per heavy atom. The number of ether oxygens (including phenoxy) is 1. The molecule has 0 unspecified atom stereocenters. The fourth-order valence-corrected chi connectivity index (χ4v) is 4.92. The predicted molar refractivity (Wildman–Crippen MR) is 161 cm³/mol. The number of benzene rings is 2. The lowest BCUT2D eigenvalue weighted by atomic mass is 10.0. The van der Waals surface area contributed by atoms with Crippen LogP contribution in [-0.4, -0.2) is 63.8 Å². The number of aromatic amines is 2. The van der Waals surface area contributed by atoms with Gasteiger partial charge in [0, 0.05) is 48.0 Å². The molecule has 0 saturated heterocycles. The van der Waals surface area contributed by atoms with Crippen LogP contribution in [0.3, 0.4) is 0 Å². The van der Waals surface area contributed by atoms with Gasteiger partial charge in [-0.1, -0.05) is 19.1 Å². The number of rotatable bonds is 10. The Labute approximate surface area is 237 Å². The maximum absolute atomic E-state index is 14.6. The van der Waals surface area contributed by atoms with E-state index in [4.69, 9.17) is 9.72 Å². The van der Waals surface area contributed by atoms with E-state index in [0.29, 0.717) is 18.1 Å². The third-order valence-electron chi connectivity index (χ3n) is 6.99. The average molecular weight is 550 g/mol. The van der Waals surface area contributed by atoms with Gasteiger partial charge in [-0.15, -0.1) is 0 Å². The summed E-state index contributed by atoms with van der Waals surface area (Å²) in [7, 11) is 3.95. The SMILES string of the molecule is CCNCc1cncc(-c2ccc3[nH]nc(-c4cc5c(-c6cc(F)cc(OCCN(C)C)c6)cccc5[nH]4)c3n2)c1. The first-order valence-electron chi connectivity index (χ1n) is 13.7. The van der Waals surface area contributed by atoms with E-state index in [0.717, 1.165) is 75.2 Å². The number of hydrogen-bond donors (Lipinski definition) is 3. The number of nitrogens with zero attached hydrogens (tertiary/aromatic N) is 4. The summed E-state index contributed by atoms with van der Waals surface area (Å²) in [4.78, 5) is 14.9. The van der Waals surface area contributed by atoms with E-state index in [9.17, 15) is 4.39 Å². The van der Waals surface area contributed by atoms with Crippen LogP contribution in [0.4, 0.5) is 4.39 Å². The van der Waals surface area contributed by atoms with Crippen LogP contribution in [0.25, 0.3) is 55.7 Å². The fourth-order valence-electron chi connectivity index (χ4n) is 4.92. The van der Waals surface area contributed by atoms with Gasteiger partial charge in [-0.25, -0.2) is 9.37 Å². The van der Waals surface area contributed by atoms with Crippen LogP contribution in [0.15, 0.2) is 73.1 Å². The van der Waals surface area contributed by atoms with E-state index in [2.05, 4.69) is 38.5 Å². The molecular formula is C32H32FN7O. The van der Waals surface area contributed by atoms with Crippen LogP contribution in [0, 0.1) is 5.82 Å². The maximum atomic E-state index is 14.6. The monoisotopic (exact) mass is 549 g/mol. The molecule has 0 spiro atoms. The molecule has 6 aromatic rings. The zero-order chi connectivity index (χ0) is 28.3. The molecular weight excluding hydrogens is 517 g/mol. The van der Waals surface area contributed by atoms with Crippen molar-refractivity contribution in [2.45, 2.75) is 13.5 Å². The molecule has 0 bridgehead atoms. The minimum Gasteiger partial charge on any atom is -0.492 e. The Kier molecular flexibility index (Phi) is 7.45. The number of hydrogen-bond acceptors (Lipinski definition) is 6. The summed E-state index contributed by atoms with van der Waals surface area (Å²) in [5.41, 5.74) is 8.58. The molecule has 0 aliphatic rings. The summed E-state index contributed by atoms with van der Waals surface area (Å²) in [5, 5.41) is 12.0. The zero-order valence-electron chi connectivity index (χ0n) is 23.3. The first-order chi connectivity index (χ1) is 20.0. The van der Waals surface area contributed by atoms with Crippen LogP contribution in [0.1, 0.15) is 12.5 Å². The van der Waals surface area contributed by atoms with Crippen molar-refractivity contribution in [2.75, 3.05) is 33.8 Å². The molecule has 9 heteroatoms. The van der Waals surface area contributed by atoms with E-state index < -0.39 is 0 Å². The second-order valence-electron chi connectivity index (χ2n) is 10.3. The van der Waals surface area contributed by atoms with Gasteiger partial charge in [0.1, 0.15) is 29.4 Å². The first-order valence-corrected chi connectivity index (χ1v) is 13.7. The van der Waals surface area contributed by atoms with E-state index in [1.807, 2.05) is 73.9 Å². The van der Waals surface area contributed by atoms with E-state index in [-0.39, 0.29) is 5.82 Å². The lowest BCUT2D eigenvalue weighted by Gasteiger charge is -2.12. The number of nitrogens with one attached hydrogen (secondary N) is 3. The molecule has 0 atom stereocenters. The summed E-state index contributed by atoms with van der Waals surface area (Å²) < 4.78 is 20.5. The lowest BCUT2D eigenvalue weighted by molar-refractivity contribution is 0.260. The van der Waals surface area contributed by atoms with Gasteiger partial charge in [-0.2, -0.15) is 5.10 Å². The predicted octanol–water partition coefficient (Wildman–Crippen LogP) is 6.02. The average Bonchev–Trinajstić information content (AvgIpc) is 3.59. The number of pyridine rings is 2. The number of aromatic nitrogens is 5. The quantitative estimate of drug-likeness (QED) is 0.193. The molecule has 4 heterocycles. The van der Waals surface area contributed by atoms with Gasteiger partial charge < -0.3 is 19.9 Å². The molecule has 208 valence electrons. The van der Waals surface area contributed by atoms with Gasteiger partial charge in [-0.05, 0) is 79.8 Å². The number of halogens is 1. The summed E-state index contributed by atoms with van der Waals surface area (Å²) in [6.07, 6.45) is 3.70. The fraction of sp³-hybridized carbons (Fsp3) is 0.219. The number of H-pyrrole nitrogens is 2. The van der Waals surface area contributed by atoms with Crippen molar-refractivity contribution >= 4 is 21.9 Å². The highest BCUT2D eigenvalue weighted by Gasteiger charge is 2.16. The summed E-state index contributed by atoms with van der Waals surface area (Å²) in [5.74, 6) is 0.169. The minimum absolute atomic E-state index is 0.339. The summed E-state index contributed by atoms with van der Waals surface area (Å²) >= 11 is 0. The van der Waals surface area contributed by atoms with Gasteiger partial charge in [0.25, 0.3) is 0 Å². The highest BCUT2D eigenvalue weighted by Crippen LogP contribution is 2.35. The smallest absolute Gasteiger partial charge is 0.135 e. The van der Waals surface area contributed by atoms with Crippen LogP contribution in [0.5, 0.6) is 5.75 Å². The number of fused-ring (bicyclic) bond motifs is 2. The second kappa shape index (κ2) is 11.5. The van der Waals surface area contributed by atoms with Crippen molar-refractivity contribution in [3.8, 4) is 39.5 Å². The Hall–Kier alpha value is -4.60. The molecule has 8 nitrogen and oxygen atoms in total. The topological polar surface area (TPSA) is 94.7 Å². The van der Waals surface area contributed by atoms with Crippen molar-refractivity contribution in [1.29, 1.82) is 0 Å². The van der Waals surface area contributed by atoms with Crippen LogP contribution in [0.2, 0.25) is 0 Å². The normalized spacial score (nSPS) is 11.6. The van der Waals surface area contributed by atoms with Gasteiger partial charge >= 0.3 is 0 Å². The standard InChI is InChI=1S/C32H32FN7O/c1-4-34-17-20-12-22(19-35-18-20)27-8-9-29-31(37-27)32(39-38-29)30-16-26-25(6-5-7-28(26)36-30)21-13-23(33)15-24(14-21)41-11-10-40(2)3/h5-9,12-16,18-19,34,36H,4,10-11,17H2,1-3H3,(H,38,39). The Balaban J connectivity index is 1.37. The maximum Gasteiger partial charge on any atom is 0.135 e. The Morgan fingerprint density at radius 3 is 2.73 bits per heavy atom. The van der Waals surface area contributed by atoms with Gasteiger partial charge in [0.2, 0.25) is 0 Å². The first kappa shape index (κ1) is 26.6. The molecule has 0 amide bonds. The summed E-state index contributed by atoms with van der Waals surface area (Å²) in [6, 6.07) is 18.9. The summed E-state index contributed by atoms with van der Waals surface area (Å²) in [6.45, 7) is 4.95. The highest BCUT2D eigenvalue weighted by molar-refractivity contribution is 6.00. The molecule has 6 rings (SSSR count). The van der Waals surface area contributed by atoms with Gasteiger partial charge in [0.15, 0.2) is 0 Å². The van der Waals surface area contributed by atoms with Crippen molar-refractivity contribution in [3.05, 3.63) is 84.4 Å². The molecule has 0 aliphatic heterocycles. The highest BCUT2D eigenvalue weighted by atomic mass is 19.1. The molecule has 0 saturated carbocycles. The van der Waals surface area contributed by atoms with Crippen LogP contribution in [-0.2, 0) is 6.54 Å². The third-order valence-corrected chi connectivity index (χ3v) is 6.99. The molecule has 41 heavy (non-hydrogen) atoms. The van der Waals surface area contributed by atoms with Gasteiger partial charge in [-0.3, -0.25) is 10.1 Å². The van der Waals surface area contributed by atoms with Gasteiger partial charge in [0.05, 0.1) is 16.9 Å². The zero-order valence-corrected chi connectivity index (χ0v) is 23.3. The molecule has 0 aliphatic carbocycles. The van der Waals surface area contributed by atoms with E-state index >= 15 is 0 Å². The van der Waals surface area contributed by atoms with Crippen LogP contribution < -0.4 is 10.1 Å². The van der Waals surface area contributed by atoms with Crippen molar-refractivity contribution in [3.63, 3.8) is 0 Å². The van der Waals surface area contributed by atoms with E-state index in [1.54, 1.807) is 0 Å². The third kappa shape index (κ3) is 5.68. The van der Waals surface area contributed by atoms with Crippen molar-refractivity contribution in [2.24, 2.45) is 0 Å². The minimum atomic E-state index is -0.339. The molecule has 0 fully saturated rings. The van der Waals surface area contributed by atoms with E-state index in [1.165, 1.54) is 12.1 Å². The largest absolute Gasteiger partial charge is 0.492 e.